The third kappa shape index (κ3) is 5.38. The van der Waals surface area contributed by atoms with Crippen LogP contribution < -0.4 is 0 Å². The molecule has 0 N–H and O–H groups in total. The minimum atomic E-state index is 0.947. The molecule has 4 heteroatoms. The fraction of sp³-hybridized carbons (Fsp3) is 0.833. The molecule has 0 bridgehead atoms. The Balaban J connectivity index is 3.22. The molecule has 0 aromatic rings. The molecule has 0 rings (SSSR count). The lowest BCUT2D eigenvalue weighted by Gasteiger charge is -2.11. The Morgan fingerprint density at radius 2 is 2.20 bits per heavy atom. The van der Waals surface area contributed by atoms with Gasteiger partial charge >= 0.3 is 0 Å². The molecule has 0 fully saturated rings. The molecule has 0 heterocycles. The average molecular weight is 195 g/mol. The van der Waals surface area contributed by atoms with E-state index in [0.717, 1.165) is 22.2 Å². The highest BCUT2D eigenvalue weighted by atomic mass is 32.2. The summed E-state index contributed by atoms with van der Waals surface area (Å²) >= 11 is 10.9. The van der Waals surface area contributed by atoms with Crippen LogP contribution in [0.15, 0.2) is 0 Å². The quantitative estimate of drug-likeness (QED) is 0.416. The molecule has 0 aliphatic rings. The molecule has 0 aliphatic heterocycles. The molecule has 0 atom stereocenters. The first-order valence-corrected chi connectivity index (χ1v) is 5.16. The molecule has 0 amide bonds. The third-order valence-electron chi connectivity index (χ3n) is 0.893. The molecule has 60 valence electrons. The van der Waals surface area contributed by atoms with Gasteiger partial charge in [-0.1, -0.05) is 24.0 Å². The minimum Gasteiger partial charge on any atom is -0.364 e. The number of hydrogen-bond acceptors (Lipinski definition) is 3. The SMILES string of the molecule is CN(C)C(=S)SCCCS. The van der Waals surface area contributed by atoms with E-state index in [9.17, 15) is 0 Å². The molecule has 1 nitrogen and oxygen atoms in total. The predicted molar refractivity (Wildman–Crippen MR) is 57.2 cm³/mol. The summed E-state index contributed by atoms with van der Waals surface area (Å²) in [6.07, 6.45) is 1.13. The van der Waals surface area contributed by atoms with Gasteiger partial charge in [-0.15, -0.1) is 0 Å². The molecule has 0 saturated carbocycles. The summed E-state index contributed by atoms with van der Waals surface area (Å²) in [7, 11) is 3.94. The summed E-state index contributed by atoms with van der Waals surface area (Å²) < 4.78 is 0.960. The second-order valence-electron chi connectivity index (χ2n) is 2.09. The first-order valence-electron chi connectivity index (χ1n) is 3.13. The Morgan fingerprint density at radius 3 is 2.60 bits per heavy atom. The Bertz CT molecular complexity index is 103. The molecule has 0 unspecified atom stereocenters. The lowest BCUT2D eigenvalue weighted by molar-refractivity contribution is 0.648. The molecular formula is C6H13NS3. The zero-order valence-electron chi connectivity index (χ0n) is 6.33. The van der Waals surface area contributed by atoms with Crippen LogP contribution in [0.2, 0.25) is 0 Å². The van der Waals surface area contributed by atoms with Crippen molar-refractivity contribution in [3.05, 3.63) is 0 Å². The Labute approximate surface area is 78.0 Å². The van der Waals surface area contributed by atoms with Gasteiger partial charge in [-0.05, 0) is 12.2 Å². The van der Waals surface area contributed by atoms with E-state index >= 15 is 0 Å². The first-order chi connectivity index (χ1) is 4.68. The lowest BCUT2D eigenvalue weighted by atomic mass is 10.6. The molecule has 0 aromatic carbocycles. The molecular weight excluding hydrogens is 182 g/mol. The summed E-state index contributed by atoms with van der Waals surface area (Å²) in [6, 6.07) is 0. The van der Waals surface area contributed by atoms with Gasteiger partial charge in [-0.25, -0.2) is 0 Å². The number of hydrogen-bond donors (Lipinski definition) is 1. The second-order valence-corrected chi connectivity index (χ2v) is 4.26. The van der Waals surface area contributed by atoms with Gasteiger partial charge in [-0.2, -0.15) is 12.6 Å². The number of thiol groups is 1. The van der Waals surface area contributed by atoms with Crippen LogP contribution in [0.25, 0.3) is 0 Å². The smallest absolute Gasteiger partial charge is 0.135 e. The van der Waals surface area contributed by atoms with Crippen molar-refractivity contribution in [3.63, 3.8) is 0 Å². The number of rotatable bonds is 3. The van der Waals surface area contributed by atoms with E-state index < -0.39 is 0 Å². The second kappa shape index (κ2) is 6.31. The summed E-state index contributed by atoms with van der Waals surface area (Å²) in [6.45, 7) is 0. The standard InChI is InChI=1S/C6H13NS3/c1-7(2)6(9)10-5-3-4-8/h8H,3-5H2,1-2H3. The van der Waals surface area contributed by atoms with Gasteiger partial charge in [0.25, 0.3) is 0 Å². The van der Waals surface area contributed by atoms with Gasteiger partial charge in [0.15, 0.2) is 0 Å². The van der Waals surface area contributed by atoms with E-state index in [-0.39, 0.29) is 0 Å². The number of nitrogens with zero attached hydrogens (tertiary/aromatic N) is 1. The average Bonchev–Trinajstić information content (AvgIpc) is 1.88. The maximum Gasteiger partial charge on any atom is 0.135 e. The zero-order chi connectivity index (χ0) is 7.98. The van der Waals surface area contributed by atoms with Crippen LogP contribution in [0, 0.1) is 0 Å². The third-order valence-corrected chi connectivity index (χ3v) is 3.03. The van der Waals surface area contributed by atoms with E-state index in [1.165, 1.54) is 0 Å². The van der Waals surface area contributed by atoms with Gasteiger partial charge in [0.1, 0.15) is 4.32 Å². The normalized spacial score (nSPS) is 9.50. The topological polar surface area (TPSA) is 3.24 Å². The van der Waals surface area contributed by atoms with Gasteiger partial charge in [-0.3, -0.25) is 0 Å². The maximum absolute atomic E-state index is 5.06. The van der Waals surface area contributed by atoms with Crippen LogP contribution in [0.3, 0.4) is 0 Å². The van der Waals surface area contributed by atoms with Gasteiger partial charge < -0.3 is 4.90 Å². The van der Waals surface area contributed by atoms with Gasteiger partial charge in [0.2, 0.25) is 0 Å². The minimum absolute atomic E-state index is 0.947. The van der Waals surface area contributed by atoms with E-state index in [2.05, 4.69) is 12.6 Å². The first kappa shape index (κ1) is 10.6. The van der Waals surface area contributed by atoms with Crippen molar-refractivity contribution in [1.29, 1.82) is 0 Å². The van der Waals surface area contributed by atoms with Crippen molar-refractivity contribution in [2.75, 3.05) is 25.6 Å². The van der Waals surface area contributed by atoms with E-state index in [1.54, 1.807) is 11.8 Å². The van der Waals surface area contributed by atoms with Crippen LogP contribution >= 0.6 is 36.6 Å². The molecule has 0 aliphatic carbocycles. The Kier molecular flexibility index (Phi) is 6.68. The van der Waals surface area contributed by atoms with Crippen molar-refractivity contribution < 1.29 is 0 Å². The van der Waals surface area contributed by atoms with E-state index in [0.29, 0.717) is 0 Å². The van der Waals surface area contributed by atoms with E-state index in [1.807, 2.05) is 19.0 Å². The van der Waals surface area contributed by atoms with Crippen molar-refractivity contribution in [2.45, 2.75) is 6.42 Å². The van der Waals surface area contributed by atoms with Crippen LogP contribution in [-0.4, -0.2) is 34.8 Å². The monoisotopic (exact) mass is 195 g/mol. The van der Waals surface area contributed by atoms with Gasteiger partial charge in [0, 0.05) is 19.8 Å². The van der Waals surface area contributed by atoms with Crippen molar-refractivity contribution in [1.82, 2.24) is 4.90 Å². The Hall–Kier alpha value is 0.590. The highest BCUT2D eigenvalue weighted by molar-refractivity contribution is 8.22. The fourth-order valence-electron chi connectivity index (χ4n) is 0.353. The van der Waals surface area contributed by atoms with Crippen LogP contribution in [0.5, 0.6) is 0 Å². The molecule has 0 saturated heterocycles. The van der Waals surface area contributed by atoms with Crippen LogP contribution in [-0.2, 0) is 0 Å². The number of thioether (sulfide) groups is 1. The van der Waals surface area contributed by atoms with Crippen molar-refractivity contribution in [3.8, 4) is 0 Å². The predicted octanol–water partition coefficient (Wildman–Crippen LogP) is 1.89. The van der Waals surface area contributed by atoms with Gasteiger partial charge in [0.05, 0.1) is 0 Å². The highest BCUT2D eigenvalue weighted by Gasteiger charge is 1.97. The molecule has 0 spiro atoms. The van der Waals surface area contributed by atoms with Crippen LogP contribution in [0.1, 0.15) is 6.42 Å². The van der Waals surface area contributed by atoms with E-state index in [4.69, 9.17) is 12.2 Å². The number of thiocarbonyl (C=S) groups is 1. The van der Waals surface area contributed by atoms with Crippen molar-refractivity contribution >= 4 is 40.9 Å². The Morgan fingerprint density at radius 1 is 1.60 bits per heavy atom. The summed E-state index contributed by atoms with van der Waals surface area (Å²) in [5.74, 6) is 2.03. The molecule has 0 radical (unpaired) electrons. The summed E-state index contributed by atoms with van der Waals surface area (Å²) in [5.41, 5.74) is 0. The summed E-state index contributed by atoms with van der Waals surface area (Å²) in [5, 5.41) is 0. The fourth-order valence-corrected chi connectivity index (χ4v) is 1.70. The maximum atomic E-state index is 5.06. The van der Waals surface area contributed by atoms with Crippen molar-refractivity contribution in [2.24, 2.45) is 0 Å². The lowest BCUT2D eigenvalue weighted by Crippen LogP contribution is -2.16. The molecule has 0 aromatic heterocycles. The zero-order valence-corrected chi connectivity index (χ0v) is 8.86. The highest BCUT2D eigenvalue weighted by Crippen LogP contribution is 2.07. The summed E-state index contributed by atoms with van der Waals surface area (Å²) in [4.78, 5) is 1.96. The largest absolute Gasteiger partial charge is 0.364 e. The van der Waals surface area contributed by atoms with Crippen LogP contribution in [0.4, 0.5) is 0 Å². The molecule has 10 heavy (non-hydrogen) atoms.